The van der Waals surface area contributed by atoms with Gasteiger partial charge in [-0.05, 0) is 49.4 Å². The molecule has 0 spiro atoms. The number of nitrogens with zero attached hydrogens (tertiary/aromatic N) is 6. The number of aromatic nitrogens is 4. The number of rotatable bonds is 3. The molecule has 1 aliphatic carbocycles. The van der Waals surface area contributed by atoms with Gasteiger partial charge < -0.3 is 9.80 Å². The molecule has 0 radical (unpaired) electrons. The second-order valence-electron chi connectivity index (χ2n) is 8.33. The molecule has 1 atom stereocenters. The highest BCUT2D eigenvalue weighted by molar-refractivity contribution is 7.13. The molecule has 158 valence electrons. The van der Waals surface area contributed by atoms with Crippen LogP contribution in [0.25, 0.3) is 27.3 Å². The minimum atomic E-state index is 0.121. The molecule has 2 fully saturated rings. The molecule has 2 aliphatic rings. The fourth-order valence-corrected chi connectivity index (χ4v) is 5.27. The second kappa shape index (κ2) is 7.17. The molecule has 1 aromatic carbocycles. The molecule has 4 aromatic rings. The molecule has 1 amide bonds. The molecule has 31 heavy (non-hydrogen) atoms. The van der Waals surface area contributed by atoms with Crippen molar-refractivity contribution in [3.05, 3.63) is 40.7 Å². The lowest BCUT2D eigenvalue weighted by molar-refractivity contribution is -0.134. The van der Waals surface area contributed by atoms with E-state index in [9.17, 15) is 4.79 Å². The molecule has 0 N–H and O–H groups in total. The van der Waals surface area contributed by atoms with Gasteiger partial charge in [-0.2, -0.15) is 0 Å². The van der Waals surface area contributed by atoms with E-state index in [0.717, 1.165) is 52.6 Å². The zero-order chi connectivity index (χ0) is 21.1. The van der Waals surface area contributed by atoms with E-state index in [1.165, 1.54) is 0 Å². The third-order valence-corrected chi connectivity index (χ3v) is 7.25. The first-order valence-electron chi connectivity index (χ1n) is 10.5. The summed E-state index contributed by atoms with van der Waals surface area (Å²) >= 11 is 7.90. The lowest BCUT2D eigenvalue weighted by Gasteiger charge is -2.40. The SMILES string of the molecule is CC1CN(c2nc3cc(Cl)ccc3c3nnc(-c4cccs4)n23)CCN1C(=O)C1CC1. The summed E-state index contributed by atoms with van der Waals surface area (Å²) in [5.41, 5.74) is 1.56. The van der Waals surface area contributed by atoms with Gasteiger partial charge in [0.15, 0.2) is 11.5 Å². The van der Waals surface area contributed by atoms with Crippen LogP contribution in [0.5, 0.6) is 0 Å². The Bertz CT molecular complexity index is 1300. The number of hydrogen-bond donors (Lipinski definition) is 0. The van der Waals surface area contributed by atoms with Crippen molar-refractivity contribution in [3.63, 3.8) is 0 Å². The van der Waals surface area contributed by atoms with E-state index in [4.69, 9.17) is 16.6 Å². The maximum atomic E-state index is 12.7. The maximum Gasteiger partial charge on any atom is 0.226 e. The Morgan fingerprint density at radius 3 is 2.81 bits per heavy atom. The minimum Gasteiger partial charge on any atom is -0.338 e. The molecule has 1 aliphatic heterocycles. The number of carbonyl (C=O) groups excluding carboxylic acids is 1. The first-order chi connectivity index (χ1) is 15.1. The third kappa shape index (κ3) is 3.16. The second-order valence-corrected chi connectivity index (χ2v) is 9.72. The van der Waals surface area contributed by atoms with Crippen LogP contribution in [0.4, 0.5) is 5.95 Å². The topological polar surface area (TPSA) is 66.6 Å². The molecule has 4 heterocycles. The first kappa shape index (κ1) is 19.0. The average Bonchev–Trinajstić information content (AvgIpc) is 3.29. The van der Waals surface area contributed by atoms with Crippen molar-refractivity contribution >= 4 is 51.3 Å². The van der Waals surface area contributed by atoms with Gasteiger partial charge in [-0.1, -0.05) is 17.7 Å². The lowest BCUT2D eigenvalue weighted by Crippen LogP contribution is -2.55. The minimum absolute atomic E-state index is 0.121. The van der Waals surface area contributed by atoms with E-state index in [2.05, 4.69) is 22.0 Å². The molecular weight excluding hydrogens is 432 g/mol. The monoisotopic (exact) mass is 452 g/mol. The average molecular weight is 453 g/mol. The van der Waals surface area contributed by atoms with Crippen molar-refractivity contribution < 1.29 is 4.79 Å². The van der Waals surface area contributed by atoms with Crippen LogP contribution in [0, 0.1) is 5.92 Å². The van der Waals surface area contributed by atoms with Gasteiger partial charge in [0.05, 0.1) is 10.4 Å². The number of piperazine rings is 1. The Hall–Kier alpha value is -2.71. The van der Waals surface area contributed by atoms with Crippen molar-refractivity contribution in [2.45, 2.75) is 25.8 Å². The number of fused-ring (bicyclic) bond motifs is 3. The van der Waals surface area contributed by atoms with Crippen molar-refractivity contribution in [1.29, 1.82) is 0 Å². The van der Waals surface area contributed by atoms with E-state index in [1.54, 1.807) is 11.3 Å². The van der Waals surface area contributed by atoms with Crippen molar-refractivity contribution in [2.75, 3.05) is 24.5 Å². The number of hydrogen-bond acceptors (Lipinski definition) is 6. The molecular formula is C22H21ClN6OS. The Morgan fingerprint density at radius 1 is 1.19 bits per heavy atom. The lowest BCUT2D eigenvalue weighted by atomic mass is 10.1. The Morgan fingerprint density at radius 2 is 2.06 bits per heavy atom. The summed E-state index contributed by atoms with van der Waals surface area (Å²) in [5.74, 6) is 2.13. The standard InChI is InChI=1S/C22H21ClN6OS/c1-13-12-27(8-9-28(13)21(30)14-4-5-14)22-24-17-11-15(23)6-7-16(17)19-25-26-20(29(19)22)18-3-2-10-31-18/h2-3,6-7,10-11,13-14H,4-5,8-9,12H2,1H3. The van der Waals surface area contributed by atoms with Crippen LogP contribution in [0.3, 0.4) is 0 Å². The predicted molar refractivity (Wildman–Crippen MR) is 123 cm³/mol. The van der Waals surface area contributed by atoms with Gasteiger partial charge >= 0.3 is 0 Å². The molecule has 1 unspecified atom stereocenters. The van der Waals surface area contributed by atoms with Crippen LogP contribution in [-0.4, -0.2) is 56.1 Å². The summed E-state index contributed by atoms with van der Waals surface area (Å²) in [7, 11) is 0. The fourth-order valence-electron chi connectivity index (χ4n) is 4.40. The van der Waals surface area contributed by atoms with E-state index in [-0.39, 0.29) is 12.0 Å². The number of amides is 1. The zero-order valence-electron chi connectivity index (χ0n) is 17.0. The molecule has 3 aromatic heterocycles. The van der Waals surface area contributed by atoms with Crippen LogP contribution >= 0.6 is 22.9 Å². The first-order valence-corrected chi connectivity index (χ1v) is 11.8. The van der Waals surface area contributed by atoms with Gasteiger partial charge in [-0.3, -0.25) is 4.79 Å². The maximum absolute atomic E-state index is 12.7. The molecule has 1 saturated carbocycles. The number of halogens is 1. The Labute approximate surface area is 188 Å². The summed E-state index contributed by atoms with van der Waals surface area (Å²) in [6.07, 6.45) is 2.06. The van der Waals surface area contributed by atoms with Crippen LogP contribution < -0.4 is 4.90 Å². The van der Waals surface area contributed by atoms with E-state index < -0.39 is 0 Å². The van der Waals surface area contributed by atoms with Crippen LogP contribution in [-0.2, 0) is 4.79 Å². The Balaban J connectivity index is 1.48. The van der Waals surface area contributed by atoms with E-state index >= 15 is 0 Å². The van der Waals surface area contributed by atoms with Gasteiger partial charge in [0, 0.05) is 42.0 Å². The van der Waals surface area contributed by atoms with Crippen LogP contribution in [0.15, 0.2) is 35.7 Å². The summed E-state index contributed by atoms with van der Waals surface area (Å²) in [6.45, 7) is 4.26. The normalized spacial score (nSPS) is 19.5. The molecule has 0 bridgehead atoms. The summed E-state index contributed by atoms with van der Waals surface area (Å²) < 4.78 is 2.05. The molecule has 7 nitrogen and oxygen atoms in total. The largest absolute Gasteiger partial charge is 0.338 e. The highest BCUT2D eigenvalue weighted by Crippen LogP contribution is 2.34. The number of benzene rings is 1. The van der Waals surface area contributed by atoms with E-state index in [1.807, 2.05) is 45.0 Å². The summed E-state index contributed by atoms with van der Waals surface area (Å²) in [4.78, 5) is 23.0. The number of anilines is 1. The molecule has 9 heteroatoms. The number of carbonyl (C=O) groups is 1. The van der Waals surface area contributed by atoms with Crippen molar-refractivity contribution in [3.8, 4) is 10.7 Å². The van der Waals surface area contributed by atoms with Gasteiger partial charge in [-0.15, -0.1) is 21.5 Å². The van der Waals surface area contributed by atoms with Gasteiger partial charge in [0.2, 0.25) is 11.9 Å². The summed E-state index contributed by atoms with van der Waals surface area (Å²) in [5, 5.41) is 12.6. The fraction of sp³-hybridized carbons (Fsp3) is 0.364. The molecule has 1 saturated heterocycles. The van der Waals surface area contributed by atoms with Gasteiger partial charge in [0.1, 0.15) is 0 Å². The third-order valence-electron chi connectivity index (χ3n) is 6.15. The summed E-state index contributed by atoms with van der Waals surface area (Å²) in [6, 6.07) is 9.86. The van der Waals surface area contributed by atoms with Crippen LogP contribution in [0.1, 0.15) is 19.8 Å². The molecule has 6 rings (SSSR count). The van der Waals surface area contributed by atoms with Crippen molar-refractivity contribution in [1.82, 2.24) is 24.5 Å². The predicted octanol–water partition coefficient (Wildman–Crippen LogP) is 4.11. The zero-order valence-corrected chi connectivity index (χ0v) is 18.6. The van der Waals surface area contributed by atoms with Crippen LogP contribution in [0.2, 0.25) is 5.02 Å². The van der Waals surface area contributed by atoms with Crippen molar-refractivity contribution in [2.24, 2.45) is 5.92 Å². The van der Waals surface area contributed by atoms with E-state index in [0.29, 0.717) is 24.0 Å². The number of thiophene rings is 1. The highest BCUT2D eigenvalue weighted by atomic mass is 35.5. The Kier molecular flexibility index (Phi) is 4.40. The van der Waals surface area contributed by atoms with Gasteiger partial charge in [-0.25, -0.2) is 9.38 Å². The van der Waals surface area contributed by atoms with Gasteiger partial charge in [0.25, 0.3) is 0 Å². The quantitative estimate of drug-likeness (QED) is 0.468. The highest BCUT2D eigenvalue weighted by Gasteiger charge is 2.38. The smallest absolute Gasteiger partial charge is 0.226 e.